The Bertz CT molecular complexity index is 1130. The first-order valence-electron chi connectivity index (χ1n) is 12.6. The minimum absolute atomic E-state index is 0.0118. The van der Waals surface area contributed by atoms with Crippen LogP contribution in [0.1, 0.15) is 42.7 Å². The molecule has 2 N–H and O–H groups in total. The molecule has 5 aliphatic rings. The number of hydrogen-bond donors (Lipinski definition) is 2. The third-order valence-corrected chi connectivity index (χ3v) is 8.48. The Morgan fingerprint density at radius 2 is 1.69 bits per heavy atom. The van der Waals surface area contributed by atoms with Gasteiger partial charge in [-0.25, -0.2) is 4.79 Å². The van der Waals surface area contributed by atoms with Crippen molar-refractivity contribution < 1.29 is 24.2 Å². The molecular formula is C28H30N2O5. The number of ether oxygens (including phenoxy) is 1. The Morgan fingerprint density at radius 1 is 1.03 bits per heavy atom. The van der Waals surface area contributed by atoms with Crippen LogP contribution in [0.3, 0.4) is 0 Å². The minimum atomic E-state index is -0.794. The van der Waals surface area contributed by atoms with Gasteiger partial charge >= 0.3 is 12.1 Å². The van der Waals surface area contributed by atoms with Crippen LogP contribution in [0.5, 0.6) is 0 Å². The number of alkyl carbamates (subject to hydrolysis) is 1. The minimum Gasteiger partial charge on any atom is -0.481 e. The largest absolute Gasteiger partial charge is 0.481 e. The highest BCUT2D eigenvalue weighted by molar-refractivity contribution is 5.82. The zero-order valence-corrected chi connectivity index (χ0v) is 19.6. The first-order valence-corrected chi connectivity index (χ1v) is 12.6. The molecule has 2 saturated heterocycles. The van der Waals surface area contributed by atoms with Crippen molar-refractivity contribution in [2.45, 2.75) is 37.6 Å². The van der Waals surface area contributed by atoms with Crippen LogP contribution in [0.25, 0.3) is 11.1 Å². The van der Waals surface area contributed by atoms with Crippen LogP contribution in [0.2, 0.25) is 0 Å². The van der Waals surface area contributed by atoms with Crippen LogP contribution in [0, 0.1) is 23.7 Å². The fraction of sp³-hybridized carbons (Fsp3) is 0.464. The van der Waals surface area contributed by atoms with E-state index in [4.69, 9.17) is 4.74 Å². The second-order valence-electron chi connectivity index (χ2n) is 10.5. The summed E-state index contributed by atoms with van der Waals surface area (Å²) in [6.45, 7) is 1.22. The van der Waals surface area contributed by atoms with Crippen LogP contribution in [0.4, 0.5) is 4.79 Å². The number of benzene rings is 2. The van der Waals surface area contributed by atoms with Gasteiger partial charge in [-0.05, 0) is 59.3 Å². The monoisotopic (exact) mass is 474 g/mol. The Labute approximate surface area is 204 Å². The van der Waals surface area contributed by atoms with Gasteiger partial charge in [0.2, 0.25) is 5.91 Å². The summed E-state index contributed by atoms with van der Waals surface area (Å²) in [5.41, 5.74) is 4.72. The maximum absolute atomic E-state index is 13.0. The normalized spacial score (nSPS) is 24.8. The predicted molar refractivity (Wildman–Crippen MR) is 129 cm³/mol. The van der Waals surface area contributed by atoms with Gasteiger partial charge in [0.1, 0.15) is 6.61 Å². The van der Waals surface area contributed by atoms with Crippen molar-refractivity contribution in [1.82, 2.24) is 10.2 Å². The average molecular weight is 475 g/mol. The predicted octanol–water partition coefficient (Wildman–Crippen LogP) is 3.87. The Kier molecular flexibility index (Phi) is 5.50. The summed E-state index contributed by atoms with van der Waals surface area (Å²) < 4.78 is 5.65. The number of aliphatic carboxylic acids is 1. The molecule has 3 aliphatic carbocycles. The first-order chi connectivity index (χ1) is 17.0. The standard InChI is InChI=1S/C28H30N2O5/c31-25(30-14-18-11-24(30)26(18)27(32)33)12-17(16-9-10-16)13-29-28(34)35-15-23-21-7-3-1-5-19(21)20-6-2-4-8-22(20)23/h1-8,16-18,23-24,26H,9-15H2,(H,29,34)(H,32,33). The molecule has 0 radical (unpaired) electrons. The highest BCUT2D eigenvalue weighted by Crippen LogP contribution is 2.48. The van der Waals surface area contributed by atoms with E-state index in [0.29, 0.717) is 25.4 Å². The van der Waals surface area contributed by atoms with Gasteiger partial charge in [-0.2, -0.15) is 0 Å². The lowest BCUT2D eigenvalue weighted by Crippen LogP contribution is -2.45. The first kappa shape index (κ1) is 22.1. The molecule has 2 saturated carbocycles. The lowest BCUT2D eigenvalue weighted by atomic mass is 9.74. The van der Waals surface area contributed by atoms with Crippen molar-refractivity contribution in [2.75, 3.05) is 19.7 Å². The fourth-order valence-corrected chi connectivity index (χ4v) is 6.45. The van der Waals surface area contributed by atoms with E-state index in [1.54, 1.807) is 4.90 Å². The molecule has 2 bridgehead atoms. The average Bonchev–Trinajstić information content (AvgIpc) is 3.36. The van der Waals surface area contributed by atoms with E-state index >= 15 is 0 Å². The number of hydrogen-bond acceptors (Lipinski definition) is 4. The molecule has 35 heavy (non-hydrogen) atoms. The third kappa shape index (κ3) is 3.97. The van der Waals surface area contributed by atoms with Gasteiger partial charge in [0.15, 0.2) is 0 Å². The summed E-state index contributed by atoms with van der Waals surface area (Å²) in [6, 6.07) is 16.3. The molecule has 0 aromatic heterocycles. The molecule has 2 heterocycles. The van der Waals surface area contributed by atoms with Crippen molar-refractivity contribution in [2.24, 2.45) is 23.7 Å². The summed E-state index contributed by atoms with van der Waals surface area (Å²) in [5.74, 6) is -0.579. The molecule has 2 aliphatic heterocycles. The van der Waals surface area contributed by atoms with Crippen LogP contribution in [0.15, 0.2) is 48.5 Å². The molecule has 2 aromatic carbocycles. The van der Waals surface area contributed by atoms with Gasteiger partial charge in [-0.15, -0.1) is 0 Å². The molecule has 4 atom stereocenters. The van der Waals surface area contributed by atoms with Crippen molar-refractivity contribution in [3.8, 4) is 11.1 Å². The molecule has 4 fully saturated rings. The maximum Gasteiger partial charge on any atom is 0.407 e. The molecule has 0 spiro atoms. The van der Waals surface area contributed by atoms with Crippen LogP contribution in [-0.2, 0) is 14.3 Å². The Morgan fingerprint density at radius 3 is 2.29 bits per heavy atom. The quantitative estimate of drug-likeness (QED) is 0.606. The zero-order valence-electron chi connectivity index (χ0n) is 19.6. The number of nitrogens with one attached hydrogen (secondary N) is 1. The molecule has 2 aromatic rings. The van der Waals surface area contributed by atoms with Crippen LogP contribution >= 0.6 is 0 Å². The lowest BCUT2D eigenvalue weighted by molar-refractivity contribution is -0.148. The van der Waals surface area contributed by atoms with Gasteiger partial charge in [0.05, 0.1) is 5.92 Å². The van der Waals surface area contributed by atoms with E-state index < -0.39 is 18.0 Å². The lowest BCUT2D eigenvalue weighted by Gasteiger charge is -2.33. The summed E-state index contributed by atoms with van der Waals surface area (Å²) in [4.78, 5) is 38.7. The molecule has 2 amide bonds. The highest BCUT2D eigenvalue weighted by atomic mass is 16.5. The van der Waals surface area contributed by atoms with Gasteiger partial charge in [0.25, 0.3) is 0 Å². The summed E-state index contributed by atoms with van der Waals surface area (Å²) in [5, 5.41) is 12.3. The maximum atomic E-state index is 13.0. The van der Waals surface area contributed by atoms with Gasteiger partial charge in [-0.1, -0.05) is 48.5 Å². The van der Waals surface area contributed by atoms with Crippen molar-refractivity contribution in [3.05, 3.63) is 59.7 Å². The fourth-order valence-electron chi connectivity index (χ4n) is 6.45. The van der Waals surface area contributed by atoms with Gasteiger partial charge < -0.3 is 20.1 Å². The zero-order chi connectivity index (χ0) is 24.1. The molecule has 4 unspecified atom stereocenters. The summed E-state index contributed by atoms with van der Waals surface area (Å²) >= 11 is 0. The van der Waals surface area contributed by atoms with Crippen molar-refractivity contribution in [1.29, 1.82) is 0 Å². The van der Waals surface area contributed by atoms with E-state index in [0.717, 1.165) is 19.3 Å². The van der Waals surface area contributed by atoms with Crippen LogP contribution < -0.4 is 5.32 Å². The highest BCUT2D eigenvalue weighted by Gasteiger charge is 2.57. The number of fused-ring (bicyclic) bond motifs is 4. The van der Waals surface area contributed by atoms with Crippen molar-refractivity contribution in [3.63, 3.8) is 0 Å². The number of nitrogens with zero attached hydrogens (tertiary/aromatic N) is 1. The SMILES string of the molecule is O=C(NCC(CC(=O)N1CC2CC1C2C(=O)O)C1CC1)OCC1c2ccccc2-c2ccccc21. The van der Waals surface area contributed by atoms with Crippen molar-refractivity contribution >= 4 is 18.0 Å². The number of amides is 2. The molecule has 7 heteroatoms. The molecule has 7 nitrogen and oxygen atoms in total. The number of carboxylic acids is 1. The van der Waals surface area contributed by atoms with E-state index in [1.807, 2.05) is 24.3 Å². The number of carbonyl (C=O) groups excluding carboxylic acids is 2. The second-order valence-corrected chi connectivity index (χ2v) is 10.5. The van der Waals surface area contributed by atoms with Crippen LogP contribution in [-0.4, -0.2) is 53.7 Å². The van der Waals surface area contributed by atoms with E-state index in [1.165, 1.54) is 22.3 Å². The summed E-state index contributed by atoms with van der Waals surface area (Å²) in [7, 11) is 0. The topological polar surface area (TPSA) is 95.9 Å². The molecular weight excluding hydrogens is 444 g/mol. The van der Waals surface area contributed by atoms with E-state index in [-0.39, 0.29) is 36.3 Å². The summed E-state index contributed by atoms with van der Waals surface area (Å²) in [6.07, 6.45) is 2.82. The molecule has 182 valence electrons. The van der Waals surface area contributed by atoms with E-state index in [2.05, 4.69) is 29.6 Å². The van der Waals surface area contributed by atoms with E-state index in [9.17, 15) is 19.5 Å². The number of rotatable bonds is 8. The number of carbonyl (C=O) groups is 3. The Hall–Kier alpha value is -3.35. The Balaban J connectivity index is 1.03. The molecule has 7 rings (SSSR count). The third-order valence-electron chi connectivity index (χ3n) is 8.48. The van der Waals surface area contributed by atoms with Gasteiger partial charge in [-0.3, -0.25) is 9.59 Å². The van der Waals surface area contributed by atoms with Gasteiger partial charge in [0, 0.05) is 31.5 Å². The second kappa shape index (κ2) is 8.70. The smallest absolute Gasteiger partial charge is 0.407 e. The number of carboxylic acid groups (broad SMARTS) is 1.